The molecule has 1 aliphatic carbocycles. The first-order valence-electron chi connectivity index (χ1n) is 6.44. The zero-order valence-corrected chi connectivity index (χ0v) is 12.9. The summed E-state index contributed by atoms with van der Waals surface area (Å²) in [5, 5.41) is 3.02. The molecular weight excluding hydrogens is 301 g/mol. The largest absolute Gasteiger partial charge is 0.352 e. The number of nitrogens with one attached hydrogen (secondary N) is 1. The molecule has 6 heteroatoms. The fourth-order valence-electron chi connectivity index (χ4n) is 2.22. The molecule has 0 radical (unpaired) electrons. The van der Waals surface area contributed by atoms with Gasteiger partial charge in [-0.3, -0.25) is 9.00 Å². The average Bonchev–Trinajstić information content (AvgIpc) is 3.11. The van der Waals surface area contributed by atoms with Crippen LogP contribution in [0.2, 0.25) is 5.02 Å². The summed E-state index contributed by atoms with van der Waals surface area (Å²) in [7, 11) is -0.986. The van der Waals surface area contributed by atoms with E-state index in [1.54, 1.807) is 19.2 Å². The SMILES string of the molecule is C[C@@H](C[S@@](C)=O)C(=O)N[C@@H]1C[C@H]1c1ccc(Cl)c(F)c1. The molecule has 1 saturated carbocycles. The first kappa shape index (κ1) is 15.4. The predicted octanol–water partition coefficient (Wildman–Crippen LogP) is 2.47. The molecule has 0 bridgehead atoms. The van der Waals surface area contributed by atoms with Gasteiger partial charge in [0.05, 0.1) is 5.02 Å². The molecule has 1 amide bonds. The van der Waals surface area contributed by atoms with Crippen molar-refractivity contribution in [3.05, 3.63) is 34.6 Å². The number of benzene rings is 1. The Morgan fingerprint density at radius 3 is 2.90 bits per heavy atom. The van der Waals surface area contributed by atoms with Gasteiger partial charge in [0.1, 0.15) is 5.82 Å². The van der Waals surface area contributed by atoms with Gasteiger partial charge in [0.2, 0.25) is 5.91 Å². The molecule has 1 N–H and O–H groups in total. The second-order valence-corrected chi connectivity index (χ2v) is 7.16. The second-order valence-electron chi connectivity index (χ2n) is 5.27. The Hall–Kier alpha value is -0.940. The lowest BCUT2D eigenvalue weighted by molar-refractivity contribution is -0.124. The summed E-state index contributed by atoms with van der Waals surface area (Å²) >= 11 is 5.64. The summed E-state index contributed by atoms with van der Waals surface area (Å²) < 4.78 is 24.5. The first-order chi connectivity index (χ1) is 9.38. The average molecular weight is 318 g/mol. The molecule has 0 spiro atoms. The van der Waals surface area contributed by atoms with Crippen LogP contribution in [0.25, 0.3) is 0 Å². The van der Waals surface area contributed by atoms with E-state index in [0.29, 0.717) is 5.75 Å². The van der Waals surface area contributed by atoms with Crippen molar-refractivity contribution in [1.29, 1.82) is 0 Å². The predicted molar refractivity (Wildman–Crippen MR) is 78.8 cm³/mol. The van der Waals surface area contributed by atoms with E-state index in [4.69, 9.17) is 11.6 Å². The molecule has 0 saturated heterocycles. The molecule has 110 valence electrons. The highest BCUT2D eigenvalue weighted by molar-refractivity contribution is 7.84. The van der Waals surface area contributed by atoms with Crippen LogP contribution in [0.5, 0.6) is 0 Å². The van der Waals surface area contributed by atoms with Crippen molar-refractivity contribution in [1.82, 2.24) is 5.32 Å². The molecule has 0 heterocycles. The number of hydrogen-bond acceptors (Lipinski definition) is 2. The van der Waals surface area contributed by atoms with E-state index in [1.165, 1.54) is 12.1 Å². The molecule has 1 aromatic carbocycles. The van der Waals surface area contributed by atoms with Crippen LogP contribution in [0, 0.1) is 11.7 Å². The minimum atomic E-state index is -0.986. The van der Waals surface area contributed by atoms with Crippen LogP contribution in [0.4, 0.5) is 4.39 Å². The van der Waals surface area contributed by atoms with Crippen molar-refractivity contribution >= 4 is 28.3 Å². The van der Waals surface area contributed by atoms with Crippen LogP contribution < -0.4 is 5.32 Å². The van der Waals surface area contributed by atoms with E-state index in [-0.39, 0.29) is 28.8 Å². The normalized spacial score (nSPS) is 24.0. The molecule has 0 aromatic heterocycles. The summed E-state index contributed by atoms with van der Waals surface area (Å²) in [6.45, 7) is 1.76. The topological polar surface area (TPSA) is 46.2 Å². The maximum Gasteiger partial charge on any atom is 0.223 e. The van der Waals surface area contributed by atoms with Gasteiger partial charge in [-0.25, -0.2) is 4.39 Å². The zero-order valence-electron chi connectivity index (χ0n) is 11.4. The summed E-state index contributed by atoms with van der Waals surface area (Å²) in [6.07, 6.45) is 2.38. The monoisotopic (exact) mass is 317 g/mol. The second kappa shape index (κ2) is 6.22. The lowest BCUT2D eigenvalue weighted by Crippen LogP contribution is -2.34. The Bertz CT molecular complexity index is 552. The quantitative estimate of drug-likeness (QED) is 0.907. The minimum Gasteiger partial charge on any atom is -0.352 e. The Morgan fingerprint density at radius 2 is 2.30 bits per heavy atom. The number of hydrogen-bond donors (Lipinski definition) is 1. The lowest BCUT2D eigenvalue weighted by atomic mass is 10.1. The molecule has 1 aromatic rings. The summed E-state index contributed by atoms with van der Waals surface area (Å²) in [4.78, 5) is 11.9. The fourth-order valence-corrected chi connectivity index (χ4v) is 3.19. The molecular formula is C14H17ClFNO2S. The highest BCUT2D eigenvalue weighted by Crippen LogP contribution is 2.41. The van der Waals surface area contributed by atoms with Gasteiger partial charge in [0, 0.05) is 40.7 Å². The Kier molecular flexibility index (Phi) is 4.81. The van der Waals surface area contributed by atoms with Crippen molar-refractivity contribution < 1.29 is 13.4 Å². The van der Waals surface area contributed by atoms with Crippen molar-refractivity contribution in [2.24, 2.45) is 5.92 Å². The van der Waals surface area contributed by atoms with Gasteiger partial charge < -0.3 is 5.32 Å². The maximum atomic E-state index is 13.4. The van der Waals surface area contributed by atoms with Crippen LogP contribution in [-0.4, -0.2) is 28.2 Å². The van der Waals surface area contributed by atoms with Crippen molar-refractivity contribution in [2.45, 2.75) is 25.3 Å². The van der Waals surface area contributed by atoms with Crippen LogP contribution in [0.1, 0.15) is 24.8 Å². The van der Waals surface area contributed by atoms with Crippen molar-refractivity contribution in [2.75, 3.05) is 12.0 Å². The summed E-state index contributed by atoms with van der Waals surface area (Å²) in [5.41, 5.74) is 0.851. The number of carbonyl (C=O) groups excluding carboxylic acids is 1. The lowest BCUT2D eigenvalue weighted by Gasteiger charge is -2.10. The van der Waals surface area contributed by atoms with Crippen LogP contribution >= 0.6 is 11.6 Å². The van der Waals surface area contributed by atoms with Gasteiger partial charge in [0.15, 0.2) is 0 Å². The zero-order chi connectivity index (χ0) is 14.9. The number of amides is 1. The Balaban J connectivity index is 1.90. The molecule has 20 heavy (non-hydrogen) atoms. The number of halogens is 2. The van der Waals surface area contributed by atoms with Crippen LogP contribution in [0.15, 0.2) is 18.2 Å². The van der Waals surface area contributed by atoms with Gasteiger partial charge in [-0.05, 0) is 24.1 Å². The van der Waals surface area contributed by atoms with E-state index < -0.39 is 16.6 Å². The highest BCUT2D eigenvalue weighted by atomic mass is 35.5. The molecule has 0 unspecified atom stereocenters. The maximum absolute atomic E-state index is 13.4. The number of carbonyl (C=O) groups is 1. The van der Waals surface area contributed by atoms with Crippen LogP contribution in [-0.2, 0) is 15.6 Å². The third-order valence-corrected chi connectivity index (χ3v) is 4.70. The van der Waals surface area contributed by atoms with E-state index >= 15 is 0 Å². The smallest absolute Gasteiger partial charge is 0.223 e. The van der Waals surface area contributed by atoms with E-state index in [2.05, 4.69) is 5.32 Å². The van der Waals surface area contributed by atoms with Gasteiger partial charge in [0.25, 0.3) is 0 Å². The Labute approximate surface area is 125 Å². The number of rotatable bonds is 5. The molecule has 4 atom stereocenters. The molecule has 3 nitrogen and oxygen atoms in total. The van der Waals surface area contributed by atoms with Gasteiger partial charge in [-0.1, -0.05) is 24.6 Å². The van der Waals surface area contributed by atoms with E-state index in [1.807, 2.05) is 0 Å². The van der Waals surface area contributed by atoms with E-state index in [0.717, 1.165) is 12.0 Å². The molecule has 2 rings (SSSR count). The molecule has 1 aliphatic rings. The van der Waals surface area contributed by atoms with Crippen molar-refractivity contribution in [3.8, 4) is 0 Å². The van der Waals surface area contributed by atoms with Crippen LogP contribution in [0.3, 0.4) is 0 Å². The van der Waals surface area contributed by atoms with Crippen molar-refractivity contribution in [3.63, 3.8) is 0 Å². The van der Waals surface area contributed by atoms with Gasteiger partial charge >= 0.3 is 0 Å². The van der Waals surface area contributed by atoms with Gasteiger partial charge in [-0.2, -0.15) is 0 Å². The van der Waals surface area contributed by atoms with E-state index in [9.17, 15) is 13.4 Å². The Morgan fingerprint density at radius 1 is 1.60 bits per heavy atom. The highest BCUT2D eigenvalue weighted by Gasteiger charge is 2.40. The summed E-state index contributed by atoms with van der Waals surface area (Å²) in [6, 6.07) is 4.78. The summed E-state index contributed by atoms with van der Waals surface area (Å²) in [5.74, 6) is -0.300. The molecule has 1 fully saturated rings. The third kappa shape index (κ3) is 3.79. The third-order valence-electron chi connectivity index (χ3n) is 3.42. The standard InChI is InChI=1S/C14H17ClFNO2S/c1-8(7-20(2)19)14(18)17-13-6-10(13)9-3-4-11(15)12(16)5-9/h3-5,8,10,13H,6-7H2,1-2H3,(H,17,18)/t8-,10-,13+,20+/m0/s1. The fraction of sp³-hybridized carbons (Fsp3) is 0.500. The first-order valence-corrected chi connectivity index (χ1v) is 8.54. The van der Waals surface area contributed by atoms with Gasteiger partial charge in [-0.15, -0.1) is 0 Å². The minimum absolute atomic E-state index is 0.0378. The molecule has 0 aliphatic heterocycles.